The second-order valence-corrected chi connectivity index (χ2v) is 7.58. The number of hydrogen-bond donors (Lipinski definition) is 1. The first-order valence-electron chi connectivity index (χ1n) is 8.53. The number of rotatable bonds is 5. The van der Waals surface area contributed by atoms with Gasteiger partial charge in [0.15, 0.2) is 6.10 Å². The first kappa shape index (κ1) is 17.7. The Morgan fingerprint density at radius 3 is 2.96 bits per heavy atom. The molecule has 1 amide bonds. The summed E-state index contributed by atoms with van der Waals surface area (Å²) in [5.74, 6) is 0.0318. The molecule has 0 spiro atoms. The van der Waals surface area contributed by atoms with Crippen LogP contribution in [0.1, 0.15) is 52.5 Å². The summed E-state index contributed by atoms with van der Waals surface area (Å²) in [5, 5.41) is 6.23. The van der Waals surface area contributed by atoms with Crippen molar-refractivity contribution in [3.63, 3.8) is 0 Å². The van der Waals surface area contributed by atoms with Crippen molar-refractivity contribution in [2.45, 2.75) is 52.6 Å². The highest BCUT2D eigenvalue weighted by Gasteiger charge is 2.25. The molecule has 0 radical (unpaired) electrons. The van der Waals surface area contributed by atoms with E-state index in [1.807, 2.05) is 6.07 Å². The van der Waals surface area contributed by atoms with Gasteiger partial charge in [-0.25, -0.2) is 4.79 Å². The van der Waals surface area contributed by atoms with Crippen molar-refractivity contribution in [1.82, 2.24) is 5.16 Å². The average Bonchev–Trinajstić information content (AvgIpc) is 3.19. The number of esters is 1. The molecule has 2 atom stereocenters. The summed E-state index contributed by atoms with van der Waals surface area (Å²) in [7, 11) is 0. The van der Waals surface area contributed by atoms with Crippen molar-refractivity contribution < 1.29 is 18.8 Å². The van der Waals surface area contributed by atoms with Crippen molar-refractivity contribution >= 4 is 29.1 Å². The van der Waals surface area contributed by atoms with Crippen molar-refractivity contribution in [3.8, 4) is 0 Å². The maximum atomic E-state index is 12.4. The van der Waals surface area contributed by atoms with E-state index in [0.29, 0.717) is 16.5 Å². The number of thiophene rings is 1. The number of aromatic nitrogens is 1. The van der Waals surface area contributed by atoms with Gasteiger partial charge in [-0.05, 0) is 50.7 Å². The summed E-state index contributed by atoms with van der Waals surface area (Å²) in [6.07, 6.45) is 3.46. The molecular formula is C18H22N2O4S. The standard InChI is InChI=1S/C18H22N2O4S/c1-4-12-5-6-14-13(8-12)9-15(25-14)18(22)23-11(3)17(21)19-16-7-10(2)20-24-16/h7,9,11-12H,4-6,8H2,1-3H3,(H,19,21)/t11-,12-/m0/s1. The van der Waals surface area contributed by atoms with Crippen LogP contribution in [0.5, 0.6) is 0 Å². The highest BCUT2D eigenvalue weighted by Crippen LogP contribution is 2.33. The molecule has 0 unspecified atom stereocenters. The van der Waals surface area contributed by atoms with E-state index in [4.69, 9.17) is 9.26 Å². The summed E-state index contributed by atoms with van der Waals surface area (Å²) in [4.78, 5) is 26.3. The molecule has 0 aromatic carbocycles. The van der Waals surface area contributed by atoms with Crippen LogP contribution >= 0.6 is 11.3 Å². The van der Waals surface area contributed by atoms with Gasteiger partial charge in [0, 0.05) is 10.9 Å². The third-order valence-electron chi connectivity index (χ3n) is 4.49. The first-order valence-corrected chi connectivity index (χ1v) is 9.34. The Kier molecular flexibility index (Phi) is 5.22. The lowest BCUT2D eigenvalue weighted by atomic mass is 9.87. The van der Waals surface area contributed by atoms with Crippen molar-refractivity contribution in [2.24, 2.45) is 5.92 Å². The number of nitrogens with one attached hydrogen (secondary N) is 1. The summed E-state index contributed by atoms with van der Waals surface area (Å²) in [6.45, 7) is 5.49. The molecule has 25 heavy (non-hydrogen) atoms. The molecule has 7 heteroatoms. The molecule has 0 saturated carbocycles. The quantitative estimate of drug-likeness (QED) is 0.819. The Hall–Kier alpha value is -2.15. The maximum absolute atomic E-state index is 12.4. The molecule has 1 aliphatic carbocycles. The Labute approximate surface area is 150 Å². The van der Waals surface area contributed by atoms with Crippen LogP contribution in [0.2, 0.25) is 0 Å². The van der Waals surface area contributed by atoms with Crippen LogP contribution in [0.3, 0.4) is 0 Å². The third kappa shape index (κ3) is 4.10. The molecule has 134 valence electrons. The average molecular weight is 362 g/mol. The minimum Gasteiger partial charge on any atom is -0.448 e. The van der Waals surface area contributed by atoms with E-state index in [-0.39, 0.29) is 5.88 Å². The number of ether oxygens (including phenoxy) is 1. The van der Waals surface area contributed by atoms with Gasteiger partial charge in [0.25, 0.3) is 5.91 Å². The van der Waals surface area contributed by atoms with Crippen molar-refractivity contribution in [1.29, 1.82) is 0 Å². The number of carbonyl (C=O) groups excluding carboxylic acids is 2. The van der Waals surface area contributed by atoms with Crippen LogP contribution in [0.4, 0.5) is 5.88 Å². The second-order valence-electron chi connectivity index (χ2n) is 6.45. The lowest BCUT2D eigenvalue weighted by molar-refractivity contribution is -0.123. The second kappa shape index (κ2) is 7.39. The van der Waals surface area contributed by atoms with Gasteiger partial charge < -0.3 is 9.26 Å². The van der Waals surface area contributed by atoms with E-state index >= 15 is 0 Å². The highest BCUT2D eigenvalue weighted by atomic mass is 32.1. The minimum atomic E-state index is -0.916. The Balaban J connectivity index is 1.60. The van der Waals surface area contributed by atoms with Gasteiger partial charge in [0.1, 0.15) is 4.88 Å². The predicted octanol–water partition coefficient (Wildman–Crippen LogP) is 3.74. The van der Waals surface area contributed by atoms with Gasteiger partial charge in [-0.1, -0.05) is 18.5 Å². The van der Waals surface area contributed by atoms with Crippen LogP contribution in [-0.4, -0.2) is 23.1 Å². The van der Waals surface area contributed by atoms with Gasteiger partial charge in [-0.15, -0.1) is 11.3 Å². The van der Waals surface area contributed by atoms with Crippen molar-refractivity contribution in [3.05, 3.63) is 33.1 Å². The maximum Gasteiger partial charge on any atom is 0.349 e. The minimum absolute atomic E-state index is 0.239. The topological polar surface area (TPSA) is 81.4 Å². The molecule has 3 rings (SSSR count). The lowest BCUT2D eigenvalue weighted by Gasteiger charge is -2.19. The third-order valence-corrected chi connectivity index (χ3v) is 5.71. The van der Waals surface area contributed by atoms with Crippen LogP contribution in [-0.2, 0) is 22.4 Å². The molecule has 0 fully saturated rings. The van der Waals surface area contributed by atoms with Crippen molar-refractivity contribution in [2.75, 3.05) is 5.32 Å². The van der Waals surface area contributed by atoms with Gasteiger partial charge in [-0.2, -0.15) is 0 Å². The first-order chi connectivity index (χ1) is 12.0. The number of anilines is 1. The van der Waals surface area contributed by atoms with E-state index in [1.165, 1.54) is 35.1 Å². The zero-order valence-corrected chi connectivity index (χ0v) is 15.4. The number of carbonyl (C=O) groups is 2. The fourth-order valence-electron chi connectivity index (χ4n) is 2.97. The number of amides is 1. The lowest BCUT2D eigenvalue weighted by Crippen LogP contribution is -2.29. The van der Waals surface area contributed by atoms with Crippen LogP contribution in [0, 0.1) is 12.8 Å². The summed E-state index contributed by atoms with van der Waals surface area (Å²) in [6, 6.07) is 3.53. The molecule has 1 N–H and O–H groups in total. The van der Waals surface area contributed by atoms with Crippen LogP contribution in [0.25, 0.3) is 0 Å². The number of hydrogen-bond acceptors (Lipinski definition) is 6. The Bertz CT molecular complexity index is 780. The molecule has 2 aromatic heterocycles. The summed E-state index contributed by atoms with van der Waals surface area (Å²) in [5.41, 5.74) is 1.92. The molecule has 0 bridgehead atoms. The molecule has 1 aliphatic rings. The van der Waals surface area contributed by atoms with E-state index in [1.54, 1.807) is 13.0 Å². The highest BCUT2D eigenvalue weighted by molar-refractivity contribution is 7.14. The van der Waals surface area contributed by atoms with E-state index in [9.17, 15) is 9.59 Å². The predicted molar refractivity (Wildman–Crippen MR) is 94.9 cm³/mol. The molecule has 0 aliphatic heterocycles. The number of fused-ring (bicyclic) bond motifs is 1. The Morgan fingerprint density at radius 1 is 1.48 bits per heavy atom. The van der Waals surface area contributed by atoms with Gasteiger partial charge in [-0.3, -0.25) is 10.1 Å². The number of aryl methyl sites for hydroxylation is 2. The zero-order valence-electron chi connectivity index (χ0n) is 14.6. The van der Waals surface area contributed by atoms with E-state index < -0.39 is 18.0 Å². The van der Waals surface area contributed by atoms with Gasteiger partial charge in [0.05, 0.1) is 5.69 Å². The van der Waals surface area contributed by atoms with E-state index in [0.717, 1.165) is 19.3 Å². The van der Waals surface area contributed by atoms with Crippen LogP contribution < -0.4 is 5.32 Å². The largest absolute Gasteiger partial charge is 0.448 e. The number of nitrogens with zero attached hydrogens (tertiary/aromatic N) is 1. The monoisotopic (exact) mass is 362 g/mol. The molecule has 0 saturated heterocycles. The fourth-order valence-corrected chi connectivity index (χ4v) is 4.06. The zero-order chi connectivity index (χ0) is 18.0. The Morgan fingerprint density at radius 2 is 2.28 bits per heavy atom. The van der Waals surface area contributed by atoms with Crippen LogP contribution in [0.15, 0.2) is 16.7 Å². The molecular weight excluding hydrogens is 340 g/mol. The molecule has 2 heterocycles. The molecule has 6 nitrogen and oxygen atoms in total. The fraction of sp³-hybridized carbons (Fsp3) is 0.500. The smallest absolute Gasteiger partial charge is 0.349 e. The van der Waals surface area contributed by atoms with E-state index in [2.05, 4.69) is 17.4 Å². The van der Waals surface area contributed by atoms with Gasteiger partial charge >= 0.3 is 5.97 Å². The summed E-state index contributed by atoms with van der Waals surface area (Å²) < 4.78 is 10.2. The van der Waals surface area contributed by atoms with Gasteiger partial charge in [0.2, 0.25) is 5.88 Å². The molecule has 2 aromatic rings. The summed E-state index contributed by atoms with van der Waals surface area (Å²) >= 11 is 1.48. The SMILES string of the molecule is CC[C@H]1CCc2sc(C(=O)O[C@@H](C)C(=O)Nc3cc(C)no3)cc2C1. The normalized spacial score (nSPS) is 17.6.